The first-order valence-electron chi connectivity index (χ1n) is 6.23. The fourth-order valence-electron chi connectivity index (χ4n) is 1.70. The predicted octanol–water partition coefficient (Wildman–Crippen LogP) is 3.35. The van der Waals surface area contributed by atoms with Gasteiger partial charge in [-0.3, -0.25) is 4.79 Å². The minimum atomic E-state index is -0.593. The summed E-state index contributed by atoms with van der Waals surface area (Å²) in [7, 11) is 0. The van der Waals surface area contributed by atoms with Crippen molar-refractivity contribution >= 4 is 29.3 Å². The van der Waals surface area contributed by atoms with E-state index in [-0.39, 0.29) is 18.7 Å². The molecule has 2 N–H and O–H groups in total. The third-order valence-electron chi connectivity index (χ3n) is 2.64. The summed E-state index contributed by atoms with van der Waals surface area (Å²) in [5.41, 5.74) is -0.0223. The maximum atomic E-state index is 13.9. The Hall–Kier alpha value is -1.56. The second-order valence-electron chi connectivity index (χ2n) is 4.15. The van der Waals surface area contributed by atoms with Crippen molar-refractivity contribution in [1.29, 1.82) is 0 Å². The van der Waals surface area contributed by atoms with Crippen LogP contribution in [0.4, 0.5) is 4.39 Å². The average molecular weight is 326 g/mol. The number of amides is 1. The van der Waals surface area contributed by atoms with Crippen molar-refractivity contribution in [3.63, 3.8) is 0 Å². The maximum Gasteiger partial charge on any atom is 0.255 e. The van der Waals surface area contributed by atoms with E-state index in [0.717, 1.165) is 4.90 Å². The highest BCUT2D eigenvalue weighted by atomic mass is 35.5. The number of carbonyl (C=O) groups excluding carboxylic acids is 1. The van der Waals surface area contributed by atoms with Crippen LogP contribution in [0.3, 0.4) is 0 Å². The van der Waals surface area contributed by atoms with Gasteiger partial charge in [-0.05, 0) is 36.4 Å². The van der Waals surface area contributed by atoms with Crippen molar-refractivity contribution in [1.82, 2.24) is 5.32 Å². The Morgan fingerprint density at radius 1 is 1.24 bits per heavy atom. The van der Waals surface area contributed by atoms with Crippen LogP contribution in [-0.4, -0.2) is 24.2 Å². The van der Waals surface area contributed by atoms with Crippen LogP contribution in [0.15, 0.2) is 52.3 Å². The number of hydrogen-bond acceptors (Lipinski definition) is 3. The van der Waals surface area contributed by atoms with E-state index >= 15 is 0 Å². The van der Waals surface area contributed by atoms with Gasteiger partial charge in [0.25, 0.3) is 5.91 Å². The Bertz CT molecular complexity index is 634. The first-order valence-corrected chi connectivity index (χ1v) is 7.42. The molecule has 0 aromatic heterocycles. The summed E-state index contributed by atoms with van der Waals surface area (Å²) in [6.45, 7) is -0.113. The summed E-state index contributed by atoms with van der Waals surface area (Å²) in [5, 5.41) is 11.8. The van der Waals surface area contributed by atoms with Crippen LogP contribution in [0.5, 0.6) is 0 Å². The number of aliphatic hydroxyl groups is 1. The first kappa shape index (κ1) is 15.8. The van der Waals surface area contributed by atoms with Crippen molar-refractivity contribution in [2.45, 2.75) is 9.79 Å². The predicted molar refractivity (Wildman–Crippen MR) is 81.4 cm³/mol. The smallest absolute Gasteiger partial charge is 0.255 e. The van der Waals surface area contributed by atoms with E-state index in [2.05, 4.69) is 5.32 Å². The fraction of sp³-hybridized carbons (Fsp3) is 0.133. The van der Waals surface area contributed by atoms with Crippen molar-refractivity contribution < 1.29 is 14.3 Å². The van der Waals surface area contributed by atoms with Gasteiger partial charge in [0.1, 0.15) is 5.82 Å². The molecule has 6 heteroatoms. The molecule has 1 amide bonds. The van der Waals surface area contributed by atoms with Gasteiger partial charge in [0.2, 0.25) is 0 Å². The van der Waals surface area contributed by atoms with Gasteiger partial charge in [-0.25, -0.2) is 4.39 Å². The summed E-state index contributed by atoms with van der Waals surface area (Å²) in [5.74, 6) is -1.14. The number of aliphatic hydroxyl groups excluding tert-OH is 1. The van der Waals surface area contributed by atoms with Crippen molar-refractivity contribution in [3.8, 4) is 0 Å². The van der Waals surface area contributed by atoms with Crippen LogP contribution in [0.25, 0.3) is 0 Å². The van der Waals surface area contributed by atoms with Gasteiger partial charge in [0, 0.05) is 21.4 Å². The molecule has 0 heterocycles. The van der Waals surface area contributed by atoms with Gasteiger partial charge < -0.3 is 10.4 Å². The SMILES string of the molecule is O=C(NCCO)c1c(F)cccc1Sc1ccc(Cl)cc1. The zero-order valence-electron chi connectivity index (χ0n) is 11.0. The zero-order valence-corrected chi connectivity index (χ0v) is 12.5. The average Bonchev–Trinajstić information content (AvgIpc) is 2.47. The van der Waals surface area contributed by atoms with Gasteiger partial charge in [-0.2, -0.15) is 0 Å². The number of nitrogens with one attached hydrogen (secondary N) is 1. The van der Waals surface area contributed by atoms with E-state index in [9.17, 15) is 9.18 Å². The second kappa shape index (κ2) is 7.45. The van der Waals surface area contributed by atoms with Gasteiger partial charge in [0.15, 0.2) is 0 Å². The van der Waals surface area contributed by atoms with E-state index in [4.69, 9.17) is 16.7 Å². The van der Waals surface area contributed by atoms with Gasteiger partial charge in [-0.15, -0.1) is 0 Å². The monoisotopic (exact) mass is 325 g/mol. The Kier molecular flexibility index (Phi) is 5.61. The molecule has 0 fully saturated rings. The summed E-state index contributed by atoms with van der Waals surface area (Å²) in [6, 6.07) is 11.5. The third kappa shape index (κ3) is 4.20. The second-order valence-corrected chi connectivity index (χ2v) is 5.70. The molecule has 0 aliphatic heterocycles. The highest BCUT2D eigenvalue weighted by Gasteiger charge is 2.17. The van der Waals surface area contributed by atoms with Crippen molar-refractivity contribution in [2.75, 3.05) is 13.2 Å². The quantitative estimate of drug-likeness (QED) is 0.886. The van der Waals surface area contributed by atoms with E-state index in [1.807, 2.05) is 0 Å². The molecule has 0 spiro atoms. The molecular formula is C15H13ClFNO2S. The lowest BCUT2D eigenvalue weighted by Gasteiger charge is -2.10. The summed E-state index contributed by atoms with van der Waals surface area (Å²) < 4.78 is 13.9. The number of carbonyl (C=O) groups is 1. The normalized spacial score (nSPS) is 10.4. The van der Waals surface area contributed by atoms with E-state index < -0.39 is 11.7 Å². The van der Waals surface area contributed by atoms with Crippen LogP contribution in [0, 0.1) is 5.82 Å². The van der Waals surface area contributed by atoms with Gasteiger partial charge >= 0.3 is 0 Å². The fourth-order valence-corrected chi connectivity index (χ4v) is 2.79. The van der Waals surface area contributed by atoms with E-state index in [1.54, 1.807) is 36.4 Å². The zero-order chi connectivity index (χ0) is 15.2. The molecule has 0 atom stereocenters. The Morgan fingerprint density at radius 2 is 1.95 bits per heavy atom. The van der Waals surface area contributed by atoms with Crippen LogP contribution in [0.2, 0.25) is 5.02 Å². The van der Waals surface area contributed by atoms with Crippen LogP contribution >= 0.6 is 23.4 Å². The topological polar surface area (TPSA) is 49.3 Å². The van der Waals surface area contributed by atoms with Gasteiger partial charge in [-0.1, -0.05) is 29.4 Å². The molecule has 3 nitrogen and oxygen atoms in total. The van der Waals surface area contributed by atoms with Crippen molar-refractivity contribution in [3.05, 3.63) is 58.9 Å². The van der Waals surface area contributed by atoms with E-state index in [1.165, 1.54) is 17.8 Å². The van der Waals surface area contributed by atoms with Gasteiger partial charge in [0.05, 0.1) is 12.2 Å². The first-order chi connectivity index (χ1) is 10.1. The molecule has 2 aromatic carbocycles. The maximum absolute atomic E-state index is 13.9. The summed E-state index contributed by atoms with van der Waals surface area (Å²) in [6.07, 6.45) is 0. The molecule has 0 radical (unpaired) electrons. The van der Waals surface area contributed by atoms with Crippen LogP contribution < -0.4 is 5.32 Å². The minimum Gasteiger partial charge on any atom is -0.395 e. The van der Waals surface area contributed by atoms with Crippen molar-refractivity contribution in [2.24, 2.45) is 0 Å². The standard InChI is InChI=1S/C15H13ClFNO2S/c16-10-4-6-11(7-5-10)21-13-3-1-2-12(17)14(13)15(20)18-8-9-19/h1-7,19H,8-9H2,(H,18,20). The minimum absolute atomic E-state index is 0.0223. The number of halogens is 2. The molecule has 0 aliphatic carbocycles. The van der Waals surface area contributed by atoms with Crippen LogP contribution in [-0.2, 0) is 0 Å². The summed E-state index contributed by atoms with van der Waals surface area (Å²) in [4.78, 5) is 13.3. The number of benzene rings is 2. The molecule has 2 aromatic rings. The largest absolute Gasteiger partial charge is 0.395 e. The van der Waals surface area contributed by atoms with E-state index in [0.29, 0.717) is 9.92 Å². The Morgan fingerprint density at radius 3 is 2.62 bits per heavy atom. The molecule has 0 bridgehead atoms. The number of hydrogen-bond donors (Lipinski definition) is 2. The lowest BCUT2D eigenvalue weighted by Crippen LogP contribution is -2.27. The Labute approximate surface area is 131 Å². The molecule has 0 saturated heterocycles. The molecular weight excluding hydrogens is 313 g/mol. The lowest BCUT2D eigenvalue weighted by atomic mass is 10.2. The lowest BCUT2D eigenvalue weighted by molar-refractivity contribution is 0.0937. The molecule has 110 valence electrons. The highest BCUT2D eigenvalue weighted by molar-refractivity contribution is 7.99. The summed E-state index contributed by atoms with van der Waals surface area (Å²) >= 11 is 7.10. The molecule has 0 saturated carbocycles. The molecule has 2 rings (SSSR count). The van der Waals surface area contributed by atoms with Crippen LogP contribution in [0.1, 0.15) is 10.4 Å². The number of rotatable bonds is 5. The Balaban J connectivity index is 2.28. The molecule has 21 heavy (non-hydrogen) atoms. The third-order valence-corrected chi connectivity index (χ3v) is 3.96. The highest BCUT2D eigenvalue weighted by Crippen LogP contribution is 2.32. The molecule has 0 unspecified atom stereocenters. The molecule has 0 aliphatic rings.